The quantitative estimate of drug-likeness (QED) is 0.499. The molecule has 6 nitrogen and oxygen atoms in total. The SMILES string of the molecule is CCO/C=C/c1c(N)ccc2onc(CC(=O)OCC)c12. The number of ether oxygens (including phenoxy) is 2. The predicted octanol–water partition coefficient (Wildman–Crippen LogP) is 2.52. The Hall–Kier alpha value is -2.50. The molecule has 112 valence electrons. The molecule has 2 N–H and O–H groups in total. The van der Waals surface area contributed by atoms with Crippen molar-refractivity contribution in [2.75, 3.05) is 18.9 Å². The minimum atomic E-state index is -0.352. The molecule has 1 aromatic carbocycles. The zero-order valence-corrected chi connectivity index (χ0v) is 12.1. The number of fused-ring (bicyclic) bond motifs is 1. The second-order valence-electron chi connectivity index (χ2n) is 4.31. The van der Waals surface area contributed by atoms with E-state index in [2.05, 4.69) is 5.16 Å². The van der Waals surface area contributed by atoms with E-state index in [-0.39, 0.29) is 12.4 Å². The van der Waals surface area contributed by atoms with Crippen LogP contribution < -0.4 is 5.73 Å². The Bertz CT molecular complexity index is 661. The summed E-state index contributed by atoms with van der Waals surface area (Å²) in [5.74, 6) is -0.352. The van der Waals surface area contributed by atoms with E-state index in [1.807, 2.05) is 6.92 Å². The van der Waals surface area contributed by atoms with Gasteiger partial charge >= 0.3 is 5.97 Å². The van der Waals surface area contributed by atoms with Crippen LogP contribution in [-0.2, 0) is 20.7 Å². The first-order valence-corrected chi connectivity index (χ1v) is 6.77. The van der Waals surface area contributed by atoms with Gasteiger partial charge in [0.1, 0.15) is 5.69 Å². The lowest BCUT2D eigenvalue weighted by Gasteiger charge is -2.04. The number of aromatic nitrogens is 1. The Labute approximate surface area is 122 Å². The number of carbonyl (C=O) groups is 1. The number of benzene rings is 1. The number of rotatable bonds is 6. The van der Waals surface area contributed by atoms with Gasteiger partial charge in [0.2, 0.25) is 0 Å². The van der Waals surface area contributed by atoms with Gasteiger partial charge in [-0.1, -0.05) is 5.16 Å². The van der Waals surface area contributed by atoms with Crippen LogP contribution in [0.5, 0.6) is 0 Å². The Morgan fingerprint density at radius 1 is 1.38 bits per heavy atom. The monoisotopic (exact) mass is 290 g/mol. The summed E-state index contributed by atoms with van der Waals surface area (Å²) >= 11 is 0. The molecular formula is C15H18N2O4. The van der Waals surface area contributed by atoms with E-state index in [1.54, 1.807) is 31.4 Å². The smallest absolute Gasteiger partial charge is 0.312 e. The first-order valence-electron chi connectivity index (χ1n) is 6.77. The number of carbonyl (C=O) groups excluding carboxylic acids is 1. The summed E-state index contributed by atoms with van der Waals surface area (Å²) in [7, 11) is 0. The number of hydrogen-bond donors (Lipinski definition) is 1. The summed E-state index contributed by atoms with van der Waals surface area (Å²) in [5, 5.41) is 4.65. The highest BCUT2D eigenvalue weighted by molar-refractivity contribution is 5.95. The van der Waals surface area contributed by atoms with Gasteiger partial charge in [-0.15, -0.1) is 0 Å². The van der Waals surface area contributed by atoms with Crippen LogP contribution in [-0.4, -0.2) is 24.3 Å². The third-order valence-electron chi connectivity index (χ3n) is 2.90. The summed E-state index contributed by atoms with van der Waals surface area (Å²) in [4.78, 5) is 11.6. The average molecular weight is 290 g/mol. The molecule has 0 bridgehead atoms. The molecule has 0 aliphatic heterocycles. The van der Waals surface area contributed by atoms with Crippen LogP contribution in [0.2, 0.25) is 0 Å². The molecule has 0 radical (unpaired) electrons. The van der Waals surface area contributed by atoms with Gasteiger partial charge in [0.05, 0.1) is 31.3 Å². The molecule has 6 heteroatoms. The van der Waals surface area contributed by atoms with Crippen molar-refractivity contribution in [3.05, 3.63) is 29.7 Å². The Morgan fingerprint density at radius 3 is 2.90 bits per heavy atom. The average Bonchev–Trinajstić information content (AvgIpc) is 2.85. The van der Waals surface area contributed by atoms with E-state index in [4.69, 9.17) is 19.7 Å². The van der Waals surface area contributed by atoms with Crippen LogP contribution in [0.1, 0.15) is 25.1 Å². The second-order valence-corrected chi connectivity index (χ2v) is 4.31. The van der Waals surface area contributed by atoms with Crippen molar-refractivity contribution in [3.8, 4) is 0 Å². The predicted molar refractivity (Wildman–Crippen MR) is 79.4 cm³/mol. The van der Waals surface area contributed by atoms with Gasteiger partial charge in [-0.2, -0.15) is 0 Å². The van der Waals surface area contributed by atoms with Crippen molar-refractivity contribution in [1.82, 2.24) is 5.16 Å². The molecule has 0 amide bonds. The van der Waals surface area contributed by atoms with Crippen LogP contribution in [0.4, 0.5) is 5.69 Å². The Kier molecular flexibility index (Phi) is 4.81. The summed E-state index contributed by atoms with van der Waals surface area (Å²) < 4.78 is 15.4. The number of anilines is 1. The lowest BCUT2D eigenvalue weighted by molar-refractivity contribution is -0.142. The standard InChI is InChI=1S/C15H18N2O4/c1-3-19-8-7-10-11(16)5-6-13-15(10)12(17-21-13)9-14(18)20-4-2/h5-8H,3-4,9,16H2,1-2H3/b8-7+. The molecule has 0 spiro atoms. The van der Waals surface area contributed by atoms with E-state index >= 15 is 0 Å². The third kappa shape index (κ3) is 3.34. The van der Waals surface area contributed by atoms with Gasteiger partial charge in [-0.3, -0.25) is 4.79 Å². The summed E-state index contributed by atoms with van der Waals surface area (Å²) in [6, 6.07) is 3.46. The molecule has 1 heterocycles. The van der Waals surface area contributed by atoms with E-state index in [9.17, 15) is 4.79 Å². The fourth-order valence-electron chi connectivity index (χ4n) is 2.00. The van der Waals surface area contributed by atoms with E-state index in [0.29, 0.717) is 35.6 Å². The first kappa shape index (κ1) is 14.9. The maximum atomic E-state index is 11.6. The molecule has 0 saturated heterocycles. The maximum absolute atomic E-state index is 11.6. The molecule has 0 unspecified atom stereocenters. The fourth-order valence-corrected chi connectivity index (χ4v) is 2.00. The van der Waals surface area contributed by atoms with Gasteiger partial charge in [0.15, 0.2) is 5.58 Å². The van der Waals surface area contributed by atoms with Gasteiger partial charge in [0, 0.05) is 11.3 Å². The van der Waals surface area contributed by atoms with Gasteiger partial charge in [-0.05, 0) is 32.1 Å². The van der Waals surface area contributed by atoms with Gasteiger partial charge < -0.3 is 19.7 Å². The molecule has 0 fully saturated rings. The largest absolute Gasteiger partial charge is 0.501 e. The van der Waals surface area contributed by atoms with Crippen LogP contribution >= 0.6 is 0 Å². The number of esters is 1. The molecule has 21 heavy (non-hydrogen) atoms. The number of nitrogens with two attached hydrogens (primary N) is 1. The van der Waals surface area contributed by atoms with Crippen molar-refractivity contribution < 1.29 is 18.8 Å². The molecule has 0 aliphatic carbocycles. The van der Waals surface area contributed by atoms with Crippen LogP contribution in [0.3, 0.4) is 0 Å². The van der Waals surface area contributed by atoms with Crippen molar-refractivity contribution in [2.45, 2.75) is 20.3 Å². The topological polar surface area (TPSA) is 87.6 Å². The summed E-state index contributed by atoms with van der Waals surface area (Å²) in [6.07, 6.45) is 3.35. The Balaban J connectivity index is 2.43. The molecule has 0 atom stereocenters. The van der Waals surface area contributed by atoms with Crippen molar-refractivity contribution in [3.63, 3.8) is 0 Å². The minimum absolute atomic E-state index is 0.0414. The maximum Gasteiger partial charge on any atom is 0.312 e. The number of nitrogen functional groups attached to an aromatic ring is 1. The van der Waals surface area contributed by atoms with Crippen molar-refractivity contribution in [2.24, 2.45) is 0 Å². The highest BCUT2D eigenvalue weighted by Crippen LogP contribution is 2.29. The van der Waals surface area contributed by atoms with Crippen molar-refractivity contribution in [1.29, 1.82) is 0 Å². The zero-order chi connectivity index (χ0) is 15.2. The summed E-state index contributed by atoms with van der Waals surface area (Å²) in [6.45, 7) is 4.53. The number of nitrogens with zero attached hydrogens (tertiary/aromatic N) is 1. The van der Waals surface area contributed by atoms with Crippen LogP contribution in [0, 0.1) is 0 Å². The Morgan fingerprint density at radius 2 is 2.19 bits per heavy atom. The zero-order valence-electron chi connectivity index (χ0n) is 12.1. The normalized spacial score (nSPS) is 11.1. The fraction of sp³-hybridized carbons (Fsp3) is 0.333. The van der Waals surface area contributed by atoms with E-state index in [0.717, 1.165) is 5.56 Å². The highest BCUT2D eigenvalue weighted by Gasteiger charge is 2.17. The van der Waals surface area contributed by atoms with E-state index in [1.165, 1.54) is 0 Å². The van der Waals surface area contributed by atoms with Gasteiger partial charge in [0.25, 0.3) is 0 Å². The number of hydrogen-bond acceptors (Lipinski definition) is 6. The van der Waals surface area contributed by atoms with Crippen LogP contribution in [0.25, 0.3) is 17.0 Å². The van der Waals surface area contributed by atoms with E-state index < -0.39 is 0 Å². The minimum Gasteiger partial charge on any atom is -0.501 e. The molecule has 2 rings (SSSR count). The third-order valence-corrected chi connectivity index (χ3v) is 2.90. The molecule has 0 aliphatic rings. The van der Waals surface area contributed by atoms with Gasteiger partial charge in [-0.25, -0.2) is 0 Å². The molecular weight excluding hydrogens is 272 g/mol. The molecule has 0 saturated carbocycles. The molecule has 2 aromatic rings. The van der Waals surface area contributed by atoms with Crippen molar-refractivity contribution >= 4 is 28.7 Å². The lowest BCUT2D eigenvalue weighted by atomic mass is 10.0. The van der Waals surface area contributed by atoms with Crippen LogP contribution in [0.15, 0.2) is 22.9 Å². The second kappa shape index (κ2) is 6.78. The summed E-state index contributed by atoms with van der Waals surface area (Å²) in [5.41, 5.74) is 8.35. The lowest BCUT2D eigenvalue weighted by Crippen LogP contribution is -2.08. The molecule has 1 aromatic heterocycles. The first-order chi connectivity index (χ1) is 10.2. The highest BCUT2D eigenvalue weighted by atomic mass is 16.5.